The fourth-order valence-electron chi connectivity index (χ4n) is 2.77. The van der Waals surface area contributed by atoms with E-state index in [0.29, 0.717) is 36.2 Å². The van der Waals surface area contributed by atoms with Gasteiger partial charge in [0.1, 0.15) is 17.3 Å². The smallest absolute Gasteiger partial charge is 0.219 e. The van der Waals surface area contributed by atoms with Crippen LogP contribution in [-0.4, -0.2) is 25.1 Å². The third-order valence-corrected chi connectivity index (χ3v) is 4.43. The van der Waals surface area contributed by atoms with Crippen LogP contribution in [-0.2, 0) is 13.1 Å². The first-order chi connectivity index (χ1) is 14.6. The average Bonchev–Trinajstić information content (AvgIpc) is 2.77. The molecule has 2 aromatic carbocycles. The fourth-order valence-corrected chi connectivity index (χ4v) is 2.77. The summed E-state index contributed by atoms with van der Waals surface area (Å²) in [5.41, 5.74) is 2.59. The van der Waals surface area contributed by atoms with Gasteiger partial charge in [-0.1, -0.05) is 24.3 Å². The summed E-state index contributed by atoms with van der Waals surface area (Å²) < 4.78 is 24.3. The molecule has 0 aliphatic heterocycles. The first-order valence-electron chi connectivity index (χ1n) is 9.54. The Bertz CT molecular complexity index is 1010. The number of aryl methyl sites for hydroxylation is 1. The van der Waals surface area contributed by atoms with Crippen molar-refractivity contribution in [3.05, 3.63) is 83.3 Å². The van der Waals surface area contributed by atoms with E-state index in [1.807, 2.05) is 36.4 Å². The molecular formula is C23H26FIN4O2. The molecule has 1 heterocycles. The molecule has 0 bridgehead atoms. The van der Waals surface area contributed by atoms with Crippen molar-refractivity contribution < 1.29 is 13.9 Å². The number of halogens is 2. The van der Waals surface area contributed by atoms with Gasteiger partial charge in [0, 0.05) is 38.5 Å². The predicted octanol–water partition coefficient (Wildman–Crippen LogP) is 4.81. The fraction of sp³-hybridized carbons (Fsp3) is 0.217. The van der Waals surface area contributed by atoms with Crippen LogP contribution in [0.15, 0.2) is 65.8 Å². The minimum Gasteiger partial charge on any atom is -0.497 e. The summed E-state index contributed by atoms with van der Waals surface area (Å²) in [7, 11) is 3.32. The molecule has 0 fully saturated rings. The number of guanidine groups is 1. The monoisotopic (exact) mass is 536 g/mol. The molecule has 3 aromatic rings. The van der Waals surface area contributed by atoms with E-state index < -0.39 is 0 Å². The molecule has 0 saturated carbocycles. The summed E-state index contributed by atoms with van der Waals surface area (Å²) in [6, 6.07) is 16.2. The molecule has 164 valence electrons. The first kappa shape index (κ1) is 24.4. The molecular weight excluding hydrogens is 510 g/mol. The zero-order valence-corrected chi connectivity index (χ0v) is 20.0. The van der Waals surface area contributed by atoms with Gasteiger partial charge in [0.25, 0.3) is 0 Å². The Kier molecular flexibility index (Phi) is 9.51. The number of aromatic nitrogens is 1. The van der Waals surface area contributed by atoms with Gasteiger partial charge in [0.15, 0.2) is 5.96 Å². The molecule has 0 aliphatic rings. The van der Waals surface area contributed by atoms with Crippen LogP contribution in [0.4, 0.5) is 4.39 Å². The number of ether oxygens (including phenoxy) is 2. The van der Waals surface area contributed by atoms with Gasteiger partial charge in [-0.15, -0.1) is 24.0 Å². The molecule has 6 nitrogen and oxygen atoms in total. The summed E-state index contributed by atoms with van der Waals surface area (Å²) in [5.74, 6) is 2.33. The molecule has 1 aromatic heterocycles. The molecule has 31 heavy (non-hydrogen) atoms. The van der Waals surface area contributed by atoms with Crippen molar-refractivity contribution in [1.82, 2.24) is 15.6 Å². The van der Waals surface area contributed by atoms with Gasteiger partial charge < -0.3 is 20.1 Å². The maximum absolute atomic E-state index is 13.4. The lowest BCUT2D eigenvalue weighted by Gasteiger charge is -2.13. The van der Waals surface area contributed by atoms with E-state index in [4.69, 9.17) is 9.47 Å². The first-order valence-corrected chi connectivity index (χ1v) is 9.54. The normalized spacial score (nSPS) is 10.8. The Labute approximate surface area is 198 Å². The van der Waals surface area contributed by atoms with Crippen LogP contribution >= 0.6 is 24.0 Å². The molecule has 0 aliphatic carbocycles. The van der Waals surface area contributed by atoms with Crippen LogP contribution in [0.3, 0.4) is 0 Å². The number of pyridine rings is 1. The second-order valence-corrected chi connectivity index (χ2v) is 6.65. The average molecular weight is 536 g/mol. The highest BCUT2D eigenvalue weighted by Gasteiger charge is 2.04. The van der Waals surface area contributed by atoms with Crippen LogP contribution in [0.5, 0.6) is 17.4 Å². The molecule has 0 radical (unpaired) electrons. The molecule has 2 N–H and O–H groups in total. The Balaban J connectivity index is 0.00000341. The lowest BCUT2D eigenvalue weighted by molar-refractivity contribution is 0.407. The van der Waals surface area contributed by atoms with Crippen molar-refractivity contribution in [3.63, 3.8) is 0 Å². The maximum Gasteiger partial charge on any atom is 0.219 e. The SMILES string of the molecule is CN=C(NCc1ccc(Oc2cccc(OC)c2)nc1)NCc1ccc(F)c(C)c1.I. The van der Waals surface area contributed by atoms with Gasteiger partial charge in [0.05, 0.1) is 7.11 Å². The Morgan fingerprint density at radius 2 is 1.71 bits per heavy atom. The topological polar surface area (TPSA) is 67.8 Å². The second kappa shape index (κ2) is 12.1. The van der Waals surface area contributed by atoms with Crippen molar-refractivity contribution >= 4 is 29.9 Å². The molecule has 8 heteroatoms. The van der Waals surface area contributed by atoms with Crippen molar-refractivity contribution in [1.29, 1.82) is 0 Å². The van der Waals surface area contributed by atoms with Crippen LogP contribution in [0.2, 0.25) is 0 Å². The predicted molar refractivity (Wildman–Crippen MR) is 131 cm³/mol. The largest absolute Gasteiger partial charge is 0.497 e. The number of hydrogen-bond acceptors (Lipinski definition) is 4. The number of nitrogens with zero attached hydrogens (tertiary/aromatic N) is 2. The van der Waals surface area contributed by atoms with E-state index in [-0.39, 0.29) is 29.8 Å². The van der Waals surface area contributed by atoms with Crippen LogP contribution in [0.1, 0.15) is 16.7 Å². The van der Waals surface area contributed by atoms with Crippen molar-refractivity contribution in [2.24, 2.45) is 4.99 Å². The second-order valence-electron chi connectivity index (χ2n) is 6.65. The zero-order valence-electron chi connectivity index (χ0n) is 17.7. The highest BCUT2D eigenvalue weighted by molar-refractivity contribution is 14.0. The maximum atomic E-state index is 13.4. The molecule has 0 spiro atoms. The summed E-state index contributed by atoms with van der Waals surface area (Å²) in [6.45, 7) is 2.85. The molecule has 3 rings (SSSR count). The number of methoxy groups -OCH3 is 1. The van der Waals surface area contributed by atoms with Crippen molar-refractivity contribution in [2.45, 2.75) is 20.0 Å². The van der Waals surface area contributed by atoms with Crippen molar-refractivity contribution in [3.8, 4) is 17.4 Å². The standard InChI is InChI=1S/C23H25FN4O2.HI/c1-16-11-17(7-9-21(16)24)13-27-23(25-2)28-15-18-8-10-22(26-14-18)30-20-6-4-5-19(12-20)29-3;/h4-12,14H,13,15H2,1-3H3,(H2,25,27,28);1H. The van der Waals surface area contributed by atoms with Crippen LogP contribution in [0, 0.1) is 12.7 Å². The lowest BCUT2D eigenvalue weighted by Crippen LogP contribution is -2.36. The third kappa shape index (κ3) is 7.39. The lowest BCUT2D eigenvalue weighted by atomic mass is 10.1. The van der Waals surface area contributed by atoms with Gasteiger partial charge in [-0.05, 0) is 41.8 Å². The molecule has 0 amide bonds. The summed E-state index contributed by atoms with van der Waals surface area (Å²) in [5, 5.41) is 6.45. The van der Waals surface area contributed by atoms with Crippen LogP contribution in [0.25, 0.3) is 0 Å². The zero-order chi connectivity index (χ0) is 21.3. The molecule has 0 saturated heterocycles. The number of benzene rings is 2. The number of aliphatic imine (C=N–C) groups is 1. The number of hydrogen-bond donors (Lipinski definition) is 2. The third-order valence-electron chi connectivity index (χ3n) is 4.43. The Hall–Kier alpha value is -2.88. The quantitative estimate of drug-likeness (QED) is 0.258. The highest BCUT2D eigenvalue weighted by Crippen LogP contribution is 2.23. The molecule has 0 atom stereocenters. The highest BCUT2D eigenvalue weighted by atomic mass is 127. The van der Waals surface area contributed by atoms with Gasteiger partial charge >= 0.3 is 0 Å². The van der Waals surface area contributed by atoms with E-state index in [9.17, 15) is 4.39 Å². The van der Waals surface area contributed by atoms with E-state index in [2.05, 4.69) is 20.6 Å². The Morgan fingerprint density at radius 3 is 2.35 bits per heavy atom. The van der Waals surface area contributed by atoms with E-state index in [1.165, 1.54) is 6.07 Å². The minimum atomic E-state index is -0.201. The van der Waals surface area contributed by atoms with E-state index in [0.717, 1.165) is 16.9 Å². The van der Waals surface area contributed by atoms with E-state index in [1.54, 1.807) is 39.4 Å². The van der Waals surface area contributed by atoms with Gasteiger partial charge in [-0.25, -0.2) is 9.37 Å². The summed E-state index contributed by atoms with van der Waals surface area (Å²) in [6.07, 6.45) is 1.75. The summed E-state index contributed by atoms with van der Waals surface area (Å²) >= 11 is 0. The van der Waals surface area contributed by atoms with Crippen molar-refractivity contribution in [2.75, 3.05) is 14.2 Å². The Morgan fingerprint density at radius 1 is 1.00 bits per heavy atom. The van der Waals surface area contributed by atoms with E-state index >= 15 is 0 Å². The molecule has 0 unspecified atom stereocenters. The number of rotatable bonds is 7. The summed E-state index contributed by atoms with van der Waals surface area (Å²) in [4.78, 5) is 8.56. The van der Waals surface area contributed by atoms with Gasteiger partial charge in [0.2, 0.25) is 5.88 Å². The van der Waals surface area contributed by atoms with Gasteiger partial charge in [-0.2, -0.15) is 0 Å². The van der Waals surface area contributed by atoms with Crippen LogP contribution < -0.4 is 20.1 Å². The number of nitrogens with one attached hydrogen (secondary N) is 2. The van der Waals surface area contributed by atoms with Gasteiger partial charge in [-0.3, -0.25) is 4.99 Å². The minimum absolute atomic E-state index is 0.